The highest BCUT2D eigenvalue weighted by molar-refractivity contribution is 5.95. The molecule has 1 aromatic carbocycles. The van der Waals surface area contributed by atoms with Gasteiger partial charge in [0.15, 0.2) is 0 Å². The van der Waals surface area contributed by atoms with E-state index in [9.17, 15) is 22.8 Å². The van der Waals surface area contributed by atoms with Crippen molar-refractivity contribution in [3.8, 4) is 6.07 Å². The van der Waals surface area contributed by atoms with Gasteiger partial charge in [0.1, 0.15) is 0 Å². The highest BCUT2D eigenvalue weighted by Gasteiger charge is 2.43. The zero-order valence-electron chi connectivity index (χ0n) is 15.1. The second-order valence-corrected chi connectivity index (χ2v) is 7.14. The van der Waals surface area contributed by atoms with Gasteiger partial charge in [-0.05, 0) is 31.0 Å². The SMILES string of the molecule is N#CCN1C(CC(=O)Nc2cccc(C(F)(F)F)c2)C(=O)NC2CCCCC21. The Labute approximate surface area is 160 Å². The molecule has 3 unspecified atom stereocenters. The summed E-state index contributed by atoms with van der Waals surface area (Å²) in [7, 11) is 0. The van der Waals surface area contributed by atoms with Crippen LogP contribution in [-0.4, -0.2) is 41.4 Å². The highest BCUT2D eigenvalue weighted by atomic mass is 19.4. The number of amides is 2. The van der Waals surface area contributed by atoms with E-state index in [-0.39, 0.29) is 36.6 Å². The molecule has 1 aliphatic heterocycles. The number of piperazine rings is 1. The Bertz CT molecular complexity index is 790. The summed E-state index contributed by atoms with van der Waals surface area (Å²) in [5.74, 6) is -0.894. The molecular weight excluding hydrogens is 373 g/mol. The van der Waals surface area contributed by atoms with Gasteiger partial charge in [0.25, 0.3) is 0 Å². The first-order valence-electron chi connectivity index (χ1n) is 9.20. The maximum atomic E-state index is 12.8. The van der Waals surface area contributed by atoms with Gasteiger partial charge in [-0.1, -0.05) is 18.9 Å². The molecule has 2 aliphatic rings. The Hall–Kier alpha value is -2.60. The van der Waals surface area contributed by atoms with E-state index in [1.165, 1.54) is 12.1 Å². The Kier molecular flexibility index (Phi) is 5.89. The predicted octanol–water partition coefficient (Wildman–Crippen LogP) is 2.67. The molecule has 1 aromatic rings. The quantitative estimate of drug-likeness (QED) is 0.769. The van der Waals surface area contributed by atoms with Crippen LogP contribution in [-0.2, 0) is 15.8 Å². The van der Waals surface area contributed by atoms with Crippen LogP contribution in [0.3, 0.4) is 0 Å². The fraction of sp³-hybridized carbons (Fsp3) is 0.526. The van der Waals surface area contributed by atoms with Crippen LogP contribution >= 0.6 is 0 Å². The van der Waals surface area contributed by atoms with E-state index in [0.29, 0.717) is 0 Å². The molecule has 3 rings (SSSR count). The lowest BCUT2D eigenvalue weighted by molar-refractivity contribution is -0.137. The number of carbonyl (C=O) groups is 2. The van der Waals surface area contributed by atoms with Crippen LogP contribution in [0.25, 0.3) is 0 Å². The summed E-state index contributed by atoms with van der Waals surface area (Å²) in [6.07, 6.45) is -1.08. The lowest BCUT2D eigenvalue weighted by Crippen LogP contribution is -2.66. The van der Waals surface area contributed by atoms with Crippen molar-refractivity contribution in [1.29, 1.82) is 5.26 Å². The number of nitriles is 1. The number of hydrogen-bond acceptors (Lipinski definition) is 4. The zero-order chi connectivity index (χ0) is 20.3. The van der Waals surface area contributed by atoms with Crippen molar-refractivity contribution in [2.24, 2.45) is 0 Å². The number of rotatable bonds is 4. The molecule has 0 spiro atoms. The summed E-state index contributed by atoms with van der Waals surface area (Å²) in [5, 5.41) is 14.5. The van der Waals surface area contributed by atoms with E-state index in [1.807, 2.05) is 0 Å². The number of carbonyl (C=O) groups excluding carboxylic acids is 2. The monoisotopic (exact) mass is 394 g/mol. The maximum absolute atomic E-state index is 12.8. The number of fused-ring (bicyclic) bond motifs is 1. The van der Waals surface area contributed by atoms with Gasteiger partial charge in [0.2, 0.25) is 11.8 Å². The van der Waals surface area contributed by atoms with Crippen LogP contribution in [0.1, 0.15) is 37.7 Å². The number of nitrogens with one attached hydrogen (secondary N) is 2. The van der Waals surface area contributed by atoms with Gasteiger partial charge in [-0.25, -0.2) is 0 Å². The third-order valence-electron chi connectivity index (χ3n) is 5.29. The molecule has 0 radical (unpaired) electrons. The van der Waals surface area contributed by atoms with Gasteiger partial charge < -0.3 is 10.6 Å². The Morgan fingerprint density at radius 2 is 2.07 bits per heavy atom. The first kappa shape index (κ1) is 20.1. The Balaban J connectivity index is 1.71. The topological polar surface area (TPSA) is 85.2 Å². The second kappa shape index (κ2) is 8.19. The van der Waals surface area contributed by atoms with E-state index in [1.54, 1.807) is 4.90 Å². The van der Waals surface area contributed by atoms with Gasteiger partial charge in [0, 0.05) is 17.8 Å². The summed E-state index contributed by atoms with van der Waals surface area (Å²) < 4.78 is 38.5. The first-order chi connectivity index (χ1) is 13.3. The van der Waals surface area contributed by atoms with Crippen molar-refractivity contribution in [1.82, 2.24) is 10.2 Å². The summed E-state index contributed by atoms with van der Waals surface area (Å²) in [4.78, 5) is 26.7. The zero-order valence-corrected chi connectivity index (χ0v) is 15.1. The molecule has 2 N–H and O–H groups in total. The molecule has 6 nitrogen and oxygen atoms in total. The van der Waals surface area contributed by atoms with Gasteiger partial charge in [-0.15, -0.1) is 0 Å². The summed E-state index contributed by atoms with van der Waals surface area (Å²) in [5.41, 5.74) is -0.852. The van der Waals surface area contributed by atoms with E-state index < -0.39 is 23.7 Å². The minimum Gasteiger partial charge on any atom is -0.350 e. The van der Waals surface area contributed by atoms with Crippen molar-refractivity contribution in [2.45, 2.75) is 56.4 Å². The number of hydrogen-bond donors (Lipinski definition) is 2. The second-order valence-electron chi connectivity index (χ2n) is 7.14. The van der Waals surface area contributed by atoms with Crippen molar-refractivity contribution in [2.75, 3.05) is 11.9 Å². The molecule has 150 valence electrons. The molecule has 1 aliphatic carbocycles. The molecule has 1 saturated heterocycles. The van der Waals surface area contributed by atoms with Gasteiger partial charge in [0.05, 0.1) is 30.6 Å². The maximum Gasteiger partial charge on any atom is 0.416 e. The van der Waals surface area contributed by atoms with Crippen LogP contribution < -0.4 is 10.6 Å². The Morgan fingerprint density at radius 3 is 2.79 bits per heavy atom. The van der Waals surface area contributed by atoms with E-state index in [4.69, 9.17) is 5.26 Å². The number of anilines is 1. The van der Waals surface area contributed by atoms with Crippen LogP contribution in [0.2, 0.25) is 0 Å². The summed E-state index contributed by atoms with van der Waals surface area (Å²) in [6.45, 7) is 0.0239. The fourth-order valence-corrected chi connectivity index (χ4v) is 4.02. The van der Waals surface area contributed by atoms with Crippen LogP contribution in [0.15, 0.2) is 24.3 Å². The minimum atomic E-state index is -4.51. The van der Waals surface area contributed by atoms with Crippen molar-refractivity contribution in [3.05, 3.63) is 29.8 Å². The lowest BCUT2D eigenvalue weighted by atomic mass is 9.85. The molecular formula is C19H21F3N4O2. The standard InChI is InChI=1S/C19H21F3N4O2/c20-19(21,22)12-4-3-5-13(10-12)24-17(27)11-16-18(28)25-14-6-1-2-7-15(14)26(16)9-8-23/h3-5,10,14-16H,1-2,6-7,9,11H2,(H,24,27)(H,25,28). The Morgan fingerprint density at radius 1 is 1.32 bits per heavy atom. The molecule has 2 amide bonds. The van der Waals surface area contributed by atoms with E-state index in [0.717, 1.165) is 37.8 Å². The van der Waals surface area contributed by atoms with Gasteiger partial charge in [-0.3, -0.25) is 14.5 Å². The molecule has 0 aromatic heterocycles. The third kappa shape index (κ3) is 4.44. The van der Waals surface area contributed by atoms with Crippen LogP contribution in [0.4, 0.5) is 18.9 Å². The molecule has 0 bridgehead atoms. The minimum absolute atomic E-state index is 0.00235. The number of alkyl halides is 3. The lowest BCUT2D eigenvalue weighted by Gasteiger charge is -2.47. The molecule has 2 fully saturated rings. The molecule has 3 atom stereocenters. The summed E-state index contributed by atoms with van der Waals surface area (Å²) >= 11 is 0. The van der Waals surface area contributed by atoms with Gasteiger partial charge in [-0.2, -0.15) is 18.4 Å². The first-order valence-corrected chi connectivity index (χ1v) is 9.20. The smallest absolute Gasteiger partial charge is 0.350 e. The average Bonchev–Trinajstić information content (AvgIpc) is 2.64. The molecule has 9 heteroatoms. The van der Waals surface area contributed by atoms with Crippen LogP contribution in [0, 0.1) is 11.3 Å². The van der Waals surface area contributed by atoms with Gasteiger partial charge >= 0.3 is 6.18 Å². The third-order valence-corrected chi connectivity index (χ3v) is 5.29. The molecule has 1 heterocycles. The van der Waals surface area contributed by atoms with Crippen LogP contribution in [0.5, 0.6) is 0 Å². The summed E-state index contributed by atoms with van der Waals surface area (Å²) in [6, 6.07) is 5.55. The van der Waals surface area contributed by atoms with Crippen molar-refractivity contribution >= 4 is 17.5 Å². The number of halogens is 3. The van der Waals surface area contributed by atoms with E-state index >= 15 is 0 Å². The number of benzene rings is 1. The number of nitrogens with zero attached hydrogens (tertiary/aromatic N) is 2. The molecule has 1 saturated carbocycles. The highest BCUT2D eigenvalue weighted by Crippen LogP contribution is 2.31. The predicted molar refractivity (Wildman–Crippen MR) is 95.0 cm³/mol. The van der Waals surface area contributed by atoms with Crippen molar-refractivity contribution < 1.29 is 22.8 Å². The molecule has 28 heavy (non-hydrogen) atoms. The van der Waals surface area contributed by atoms with Crippen molar-refractivity contribution in [3.63, 3.8) is 0 Å². The fourth-order valence-electron chi connectivity index (χ4n) is 4.02. The van der Waals surface area contributed by atoms with E-state index in [2.05, 4.69) is 16.7 Å². The largest absolute Gasteiger partial charge is 0.416 e. The normalized spacial score (nSPS) is 25.4. The average molecular weight is 394 g/mol.